The van der Waals surface area contributed by atoms with E-state index in [2.05, 4.69) is 31.2 Å². The van der Waals surface area contributed by atoms with Gasteiger partial charge in [0.15, 0.2) is 0 Å². The van der Waals surface area contributed by atoms with Gasteiger partial charge in [0.25, 0.3) is 0 Å². The van der Waals surface area contributed by atoms with Gasteiger partial charge in [-0.3, -0.25) is 0 Å². The highest BCUT2D eigenvalue weighted by atomic mass is 16.5. The van der Waals surface area contributed by atoms with Gasteiger partial charge in [0.1, 0.15) is 6.73 Å². The van der Waals surface area contributed by atoms with Crippen LogP contribution in [-0.2, 0) is 18.0 Å². The summed E-state index contributed by atoms with van der Waals surface area (Å²) < 4.78 is 6.98. The summed E-state index contributed by atoms with van der Waals surface area (Å²) in [5.74, 6) is 0. The highest BCUT2D eigenvalue weighted by molar-refractivity contribution is 5.24. The molecule has 0 aliphatic heterocycles. The molecule has 0 amide bonds. The smallest absolute Gasteiger partial charge is 0.139 e. The first-order chi connectivity index (χ1) is 7.06. The number of methoxy groups -OCH3 is 1. The molecular formula is C11H21N3O. The Kier molecular flexibility index (Phi) is 4.29. The lowest BCUT2D eigenvalue weighted by Gasteiger charge is -2.08. The van der Waals surface area contributed by atoms with Crippen LogP contribution < -0.4 is 5.32 Å². The molecule has 0 saturated carbocycles. The maximum absolute atomic E-state index is 5.08. The van der Waals surface area contributed by atoms with Crippen molar-refractivity contribution in [1.82, 2.24) is 15.1 Å². The van der Waals surface area contributed by atoms with Crippen LogP contribution in [0.15, 0.2) is 0 Å². The number of hydrogen-bond acceptors (Lipinski definition) is 3. The Balaban J connectivity index is 2.78. The van der Waals surface area contributed by atoms with Crippen molar-refractivity contribution in [3.63, 3.8) is 0 Å². The molecule has 86 valence electrons. The first-order valence-electron chi connectivity index (χ1n) is 5.31. The van der Waals surface area contributed by atoms with E-state index in [0.717, 1.165) is 12.2 Å². The van der Waals surface area contributed by atoms with Crippen LogP contribution in [0.5, 0.6) is 0 Å². The van der Waals surface area contributed by atoms with Crippen LogP contribution in [0.25, 0.3) is 0 Å². The van der Waals surface area contributed by atoms with Gasteiger partial charge in [-0.2, -0.15) is 5.10 Å². The molecule has 1 heterocycles. The maximum Gasteiger partial charge on any atom is 0.139 e. The third-order valence-corrected chi connectivity index (χ3v) is 2.47. The summed E-state index contributed by atoms with van der Waals surface area (Å²) in [5.41, 5.74) is 3.54. The van der Waals surface area contributed by atoms with Crippen LogP contribution >= 0.6 is 0 Å². The molecule has 1 aromatic rings. The van der Waals surface area contributed by atoms with Gasteiger partial charge in [0.2, 0.25) is 0 Å². The quantitative estimate of drug-likeness (QED) is 0.804. The standard InChI is InChI=1S/C11H21N3O/c1-8(2)12-6-11-9(3)13-14(7-15-5)10(11)4/h8,12H,6-7H2,1-5H3. The molecule has 0 unspecified atom stereocenters. The van der Waals surface area contributed by atoms with E-state index in [1.165, 1.54) is 11.3 Å². The van der Waals surface area contributed by atoms with Crippen molar-refractivity contribution in [3.05, 3.63) is 17.0 Å². The fourth-order valence-electron chi connectivity index (χ4n) is 1.54. The Labute approximate surface area is 91.6 Å². The number of nitrogens with one attached hydrogen (secondary N) is 1. The van der Waals surface area contributed by atoms with E-state index < -0.39 is 0 Å². The number of aromatic nitrogens is 2. The SMILES string of the molecule is COCn1nc(C)c(CNC(C)C)c1C. The van der Waals surface area contributed by atoms with Crippen molar-refractivity contribution in [1.29, 1.82) is 0 Å². The molecule has 1 N–H and O–H groups in total. The first kappa shape index (κ1) is 12.2. The average Bonchev–Trinajstić information content (AvgIpc) is 2.40. The Morgan fingerprint density at radius 1 is 1.40 bits per heavy atom. The topological polar surface area (TPSA) is 39.1 Å². The Hall–Kier alpha value is -0.870. The second-order valence-electron chi connectivity index (χ2n) is 4.10. The monoisotopic (exact) mass is 211 g/mol. The predicted molar refractivity (Wildman–Crippen MR) is 60.7 cm³/mol. The fourth-order valence-corrected chi connectivity index (χ4v) is 1.54. The Bertz CT molecular complexity index is 318. The molecule has 0 radical (unpaired) electrons. The van der Waals surface area contributed by atoms with Gasteiger partial charge in [-0.25, -0.2) is 4.68 Å². The van der Waals surface area contributed by atoms with Crippen molar-refractivity contribution in [2.75, 3.05) is 7.11 Å². The van der Waals surface area contributed by atoms with E-state index >= 15 is 0 Å². The van der Waals surface area contributed by atoms with Crippen LogP contribution in [0.1, 0.15) is 30.8 Å². The number of nitrogens with zero attached hydrogens (tertiary/aromatic N) is 2. The van der Waals surface area contributed by atoms with Crippen LogP contribution in [0.4, 0.5) is 0 Å². The molecule has 0 aliphatic rings. The second-order valence-corrected chi connectivity index (χ2v) is 4.10. The highest BCUT2D eigenvalue weighted by Gasteiger charge is 2.10. The van der Waals surface area contributed by atoms with Gasteiger partial charge in [0, 0.05) is 31.0 Å². The third kappa shape index (κ3) is 3.04. The zero-order valence-corrected chi connectivity index (χ0v) is 10.3. The predicted octanol–water partition coefficient (Wildman–Crippen LogP) is 1.60. The Morgan fingerprint density at radius 3 is 2.60 bits per heavy atom. The van der Waals surface area contributed by atoms with Gasteiger partial charge in [-0.05, 0) is 13.8 Å². The molecule has 15 heavy (non-hydrogen) atoms. The molecule has 0 atom stereocenters. The van der Waals surface area contributed by atoms with Crippen LogP contribution in [-0.4, -0.2) is 22.9 Å². The summed E-state index contributed by atoms with van der Waals surface area (Å²) in [4.78, 5) is 0. The van der Waals surface area contributed by atoms with Crippen molar-refractivity contribution < 1.29 is 4.74 Å². The second kappa shape index (κ2) is 5.28. The first-order valence-corrected chi connectivity index (χ1v) is 5.31. The minimum absolute atomic E-state index is 0.495. The van der Waals surface area contributed by atoms with E-state index in [1.807, 2.05) is 11.6 Å². The van der Waals surface area contributed by atoms with Gasteiger partial charge in [-0.1, -0.05) is 13.8 Å². The van der Waals surface area contributed by atoms with Crippen molar-refractivity contribution in [3.8, 4) is 0 Å². The van der Waals surface area contributed by atoms with Crippen molar-refractivity contribution in [2.45, 2.75) is 47.0 Å². The summed E-state index contributed by atoms with van der Waals surface area (Å²) in [5, 5.41) is 7.83. The molecule has 0 fully saturated rings. The van der Waals surface area contributed by atoms with Crippen LogP contribution in [0, 0.1) is 13.8 Å². The van der Waals surface area contributed by atoms with E-state index in [4.69, 9.17) is 4.74 Å². The maximum atomic E-state index is 5.08. The molecule has 0 aromatic carbocycles. The third-order valence-electron chi connectivity index (χ3n) is 2.47. The molecule has 1 aromatic heterocycles. The normalized spacial score (nSPS) is 11.3. The molecule has 0 spiro atoms. The Morgan fingerprint density at radius 2 is 2.07 bits per heavy atom. The average molecular weight is 211 g/mol. The zero-order chi connectivity index (χ0) is 11.4. The summed E-state index contributed by atoms with van der Waals surface area (Å²) in [7, 11) is 1.68. The molecule has 4 heteroatoms. The minimum atomic E-state index is 0.495. The minimum Gasteiger partial charge on any atom is -0.362 e. The van der Waals surface area contributed by atoms with Gasteiger partial charge in [0.05, 0.1) is 5.69 Å². The lowest BCUT2D eigenvalue weighted by Crippen LogP contribution is -2.22. The molecule has 4 nitrogen and oxygen atoms in total. The number of ether oxygens (including phenoxy) is 1. The lowest BCUT2D eigenvalue weighted by atomic mass is 10.2. The van der Waals surface area contributed by atoms with Crippen molar-refractivity contribution >= 4 is 0 Å². The highest BCUT2D eigenvalue weighted by Crippen LogP contribution is 2.12. The van der Waals surface area contributed by atoms with E-state index in [-0.39, 0.29) is 0 Å². The zero-order valence-electron chi connectivity index (χ0n) is 10.3. The molecule has 1 rings (SSSR count). The summed E-state index contributed by atoms with van der Waals surface area (Å²) in [6, 6.07) is 0.495. The molecular weight excluding hydrogens is 190 g/mol. The van der Waals surface area contributed by atoms with E-state index in [1.54, 1.807) is 7.11 Å². The van der Waals surface area contributed by atoms with Gasteiger partial charge in [-0.15, -0.1) is 0 Å². The van der Waals surface area contributed by atoms with Gasteiger partial charge >= 0.3 is 0 Å². The fraction of sp³-hybridized carbons (Fsp3) is 0.727. The van der Waals surface area contributed by atoms with Crippen LogP contribution in [0.3, 0.4) is 0 Å². The summed E-state index contributed by atoms with van der Waals surface area (Å²) in [6.45, 7) is 9.80. The molecule has 0 bridgehead atoms. The van der Waals surface area contributed by atoms with Gasteiger partial charge < -0.3 is 10.1 Å². The molecule has 0 saturated heterocycles. The van der Waals surface area contributed by atoms with E-state index in [0.29, 0.717) is 12.8 Å². The number of aryl methyl sites for hydroxylation is 1. The number of rotatable bonds is 5. The van der Waals surface area contributed by atoms with Crippen molar-refractivity contribution in [2.24, 2.45) is 0 Å². The largest absolute Gasteiger partial charge is 0.362 e. The van der Waals surface area contributed by atoms with E-state index in [9.17, 15) is 0 Å². The number of hydrogen-bond donors (Lipinski definition) is 1. The lowest BCUT2D eigenvalue weighted by molar-refractivity contribution is 0.118. The summed E-state index contributed by atoms with van der Waals surface area (Å²) >= 11 is 0. The summed E-state index contributed by atoms with van der Waals surface area (Å²) in [6.07, 6.45) is 0. The van der Waals surface area contributed by atoms with Crippen LogP contribution in [0.2, 0.25) is 0 Å². The molecule has 0 aliphatic carbocycles.